The van der Waals surface area contributed by atoms with E-state index in [0.29, 0.717) is 26.2 Å². The van der Waals surface area contributed by atoms with Crippen molar-refractivity contribution in [3.63, 3.8) is 0 Å². The molecule has 0 fully saturated rings. The van der Waals surface area contributed by atoms with Gasteiger partial charge in [-0.1, -0.05) is 12.1 Å². The lowest BCUT2D eigenvalue weighted by atomic mass is 10.1. The van der Waals surface area contributed by atoms with Gasteiger partial charge in [0.15, 0.2) is 0 Å². The average molecular weight is 416 g/mol. The van der Waals surface area contributed by atoms with E-state index in [1.165, 1.54) is 0 Å². The molecular weight excluding hydrogens is 390 g/mol. The molecule has 0 aliphatic rings. The van der Waals surface area contributed by atoms with Gasteiger partial charge in [-0.05, 0) is 42.5 Å². The topological polar surface area (TPSA) is 54.5 Å². The first kappa shape index (κ1) is 20.7. The monoisotopic (exact) mass is 415 g/mol. The Morgan fingerprint density at radius 1 is 1.25 bits per heavy atom. The van der Waals surface area contributed by atoms with Crippen LogP contribution in [0, 0.1) is 13.8 Å². The van der Waals surface area contributed by atoms with Gasteiger partial charge in [0.05, 0.1) is 18.8 Å². The Morgan fingerprint density at radius 3 is 2.86 bits per heavy atom. The molecule has 1 N–H and O–H groups in total. The number of aryl methyl sites for hydroxylation is 1. The van der Waals surface area contributed by atoms with Gasteiger partial charge in [-0.3, -0.25) is 9.69 Å². The Morgan fingerprint density at radius 2 is 2.11 bits per heavy atom. The maximum atomic E-state index is 12.6. The number of aromatic nitrogens is 1. The molecule has 1 amide bonds. The van der Waals surface area contributed by atoms with Crippen LogP contribution in [0.5, 0.6) is 0 Å². The second kappa shape index (κ2) is 9.93. The number of carbonyl (C=O) groups excluding carboxylic acids is 1. The fraction of sp³-hybridized carbons (Fsp3) is 0.333. The Balaban J connectivity index is 1.64. The van der Waals surface area contributed by atoms with Crippen LogP contribution >= 0.6 is 22.7 Å². The first-order valence-electron chi connectivity index (χ1n) is 9.11. The highest BCUT2D eigenvalue weighted by Gasteiger charge is 2.15. The molecule has 2 heterocycles. The largest absolute Gasteiger partial charge is 0.383 e. The molecule has 0 radical (unpaired) electrons. The highest BCUT2D eigenvalue weighted by atomic mass is 32.1. The van der Waals surface area contributed by atoms with E-state index in [0.717, 1.165) is 33.1 Å². The van der Waals surface area contributed by atoms with E-state index in [4.69, 9.17) is 9.72 Å². The van der Waals surface area contributed by atoms with Crippen molar-refractivity contribution in [1.29, 1.82) is 0 Å². The van der Waals surface area contributed by atoms with Crippen molar-refractivity contribution in [1.82, 2.24) is 9.88 Å². The van der Waals surface area contributed by atoms with Gasteiger partial charge in [0.25, 0.3) is 0 Å². The summed E-state index contributed by atoms with van der Waals surface area (Å²) in [5.41, 5.74) is 5.25. The highest BCUT2D eigenvalue weighted by Crippen LogP contribution is 2.26. The molecule has 0 bridgehead atoms. The van der Waals surface area contributed by atoms with Gasteiger partial charge in [-0.15, -0.1) is 11.3 Å². The van der Waals surface area contributed by atoms with E-state index in [9.17, 15) is 4.79 Å². The molecule has 0 aliphatic heterocycles. The molecule has 0 aliphatic carbocycles. The fourth-order valence-electron chi connectivity index (χ4n) is 2.84. The van der Waals surface area contributed by atoms with Crippen LogP contribution in [0.25, 0.3) is 10.6 Å². The Labute approximate surface area is 174 Å². The van der Waals surface area contributed by atoms with Crippen molar-refractivity contribution in [3.8, 4) is 10.6 Å². The summed E-state index contributed by atoms with van der Waals surface area (Å²) in [7, 11) is 1.67. The maximum absolute atomic E-state index is 12.6. The van der Waals surface area contributed by atoms with Gasteiger partial charge >= 0.3 is 0 Å². The lowest BCUT2D eigenvalue weighted by Gasteiger charge is -2.21. The SMILES string of the molecule is COCCN(CC(=O)Nc1cccc(C)c1C)Cc1csc(-c2ccsc2)n1. The smallest absolute Gasteiger partial charge is 0.238 e. The summed E-state index contributed by atoms with van der Waals surface area (Å²) >= 11 is 3.30. The zero-order valence-corrected chi connectivity index (χ0v) is 18.0. The molecule has 3 aromatic rings. The molecule has 7 heteroatoms. The number of ether oxygens (including phenoxy) is 1. The van der Waals surface area contributed by atoms with Crippen LogP contribution in [0.4, 0.5) is 5.69 Å². The molecular formula is C21H25N3O2S2. The quantitative estimate of drug-likeness (QED) is 0.556. The van der Waals surface area contributed by atoms with Crippen molar-refractivity contribution < 1.29 is 9.53 Å². The van der Waals surface area contributed by atoms with Crippen LogP contribution in [0.2, 0.25) is 0 Å². The van der Waals surface area contributed by atoms with Crippen LogP contribution in [0.15, 0.2) is 40.4 Å². The Bertz CT molecular complexity index is 906. The predicted molar refractivity (Wildman–Crippen MR) is 117 cm³/mol. The zero-order valence-electron chi connectivity index (χ0n) is 16.4. The van der Waals surface area contributed by atoms with Crippen molar-refractivity contribution in [2.24, 2.45) is 0 Å². The second-order valence-corrected chi connectivity index (χ2v) is 8.29. The first-order valence-corrected chi connectivity index (χ1v) is 10.9. The number of carbonyl (C=O) groups is 1. The number of benzene rings is 1. The van der Waals surface area contributed by atoms with Gasteiger partial charge in [0.2, 0.25) is 5.91 Å². The minimum absolute atomic E-state index is 0.0295. The van der Waals surface area contributed by atoms with E-state index < -0.39 is 0 Å². The number of hydrogen-bond acceptors (Lipinski definition) is 6. The highest BCUT2D eigenvalue weighted by molar-refractivity contribution is 7.14. The zero-order chi connectivity index (χ0) is 19.9. The molecule has 3 rings (SSSR count). The number of anilines is 1. The molecule has 2 aromatic heterocycles. The van der Waals surface area contributed by atoms with E-state index in [1.807, 2.05) is 32.0 Å². The first-order chi connectivity index (χ1) is 13.6. The van der Waals surface area contributed by atoms with Crippen molar-refractivity contribution in [2.75, 3.05) is 32.1 Å². The fourth-order valence-corrected chi connectivity index (χ4v) is 4.36. The van der Waals surface area contributed by atoms with Crippen LogP contribution < -0.4 is 5.32 Å². The third-order valence-electron chi connectivity index (χ3n) is 4.56. The molecule has 5 nitrogen and oxygen atoms in total. The number of amides is 1. The summed E-state index contributed by atoms with van der Waals surface area (Å²) in [5, 5.41) is 10.3. The van der Waals surface area contributed by atoms with Crippen LogP contribution in [0.3, 0.4) is 0 Å². The third kappa shape index (κ3) is 5.48. The van der Waals surface area contributed by atoms with E-state index in [1.54, 1.807) is 29.8 Å². The van der Waals surface area contributed by atoms with Crippen molar-refractivity contribution in [2.45, 2.75) is 20.4 Å². The van der Waals surface area contributed by atoms with Crippen LogP contribution in [-0.2, 0) is 16.1 Å². The molecule has 0 saturated carbocycles. The number of nitrogens with one attached hydrogen (secondary N) is 1. The Hall–Kier alpha value is -2.06. The molecule has 0 saturated heterocycles. The van der Waals surface area contributed by atoms with Gasteiger partial charge in [-0.2, -0.15) is 11.3 Å². The van der Waals surface area contributed by atoms with Crippen LogP contribution in [0.1, 0.15) is 16.8 Å². The van der Waals surface area contributed by atoms with Gasteiger partial charge < -0.3 is 10.1 Å². The van der Waals surface area contributed by atoms with Crippen molar-refractivity contribution in [3.05, 3.63) is 57.2 Å². The number of methoxy groups -OCH3 is 1. The normalized spacial score (nSPS) is 11.1. The van der Waals surface area contributed by atoms with Crippen molar-refractivity contribution >= 4 is 34.3 Å². The molecule has 148 valence electrons. The third-order valence-corrected chi connectivity index (χ3v) is 6.19. The summed E-state index contributed by atoms with van der Waals surface area (Å²) in [4.78, 5) is 19.4. The summed E-state index contributed by atoms with van der Waals surface area (Å²) in [6.07, 6.45) is 0. The summed E-state index contributed by atoms with van der Waals surface area (Å²) in [6, 6.07) is 8.02. The molecule has 28 heavy (non-hydrogen) atoms. The number of thiophene rings is 1. The lowest BCUT2D eigenvalue weighted by molar-refractivity contribution is -0.117. The van der Waals surface area contributed by atoms with E-state index in [2.05, 4.69) is 32.4 Å². The molecule has 1 aromatic carbocycles. The molecule has 0 spiro atoms. The van der Waals surface area contributed by atoms with E-state index in [-0.39, 0.29) is 5.91 Å². The summed E-state index contributed by atoms with van der Waals surface area (Å²) in [6.45, 7) is 6.21. The average Bonchev–Trinajstić information content (AvgIpc) is 3.35. The second-order valence-electron chi connectivity index (χ2n) is 6.66. The number of hydrogen-bond donors (Lipinski definition) is 1. The van der Waals surface area contributed by atoms with Gasteiger partial charge in [-0.25, -0.2) is 4.98 Å². The standard InChI is InChI=1S/C21H25N3O2S2/c1-15-5-4-6-19(16(15)2)23-20(25)12-24(8-9-26-3)11-18-14-28-21(22-18)17-7-10-27-13-17/h4-7,10,13-14H,8-9,11-12H2,1-3H3,(H,23,25). The maximum Gasteiger partial charge on any atom is 0.238 e. The Kier molecular flexibility index (Phi) is 7.33. The van der Waals surface area contributed by atoms with Gasteiger partial charge in [0.1, 0.15) is 5.01 Å². The predicted octanol–water partition coefficient (Wildman–Crippen LogP) is 4.58. The van der Waals surface area contributed by atoms with Gasteiger partial charge in [0, 0.05) is 42.2 Å². The summed E-state index contributed by atoms with van der Waals surface area (Å²) in [5.74, 6) is -0.0295. The van der Waals surface area contributed by atoms with Crippen LogP contribution in [-0.4, -0.2) is 42.6 Å². The number of thiazole rings is 1. The molecule has 0 unspecified atom stereocenters. The minimum Gasteiger partial charge on any atom is -0.383 e. The lowest BCUT2D eigenvalue weighted by Crippen LogP contribution is -2.35. The van der Waals surface area contributed by atoms with E-state index >= 15 is 0 Å². The minimum atomic E-state index is -0.0295. The number of rotatable bonds is 9. The summed E-state index contributed by atoms with van der Waals surface area (Å²) < 4.78 is 5.22. The molecule has 0 atom stereocenters. The number of nitrogens with zero attached hydrogens (tertiary/aromatic N) is 2.